The van der Waals surface area contributed by atoms with Crippen molar-refractivity contribution in [3.8, 4) is 0 Å². The van der Waals surface area contributed by atoms with Gasteiger partial charge in [-0.25, -0.2) is 4.98 Å². The minimum atomic E-state index is 0.0709. The molecule has 1 N–H and O–H groups in total. The van der Waals surface area contributed by atoms with Gasteiger partial charge in [0, 0.05) is 24.4 Å². The Morgan fingerprint density at radius 3 is 2.75 bits per heavy atom. The van der Waals surface area contributed by atoms with Crippen molar-refractivity contribution in [3.05, 3.63) is 11.1 Å². The maximum absolute atomic E-state index is 12.6. The quantitative estimate of drug-likeness (QED) is 0.910. The third kappa shape index (κ3) is 3.63. The van der Waals surface area contributed by atoms with E-state index in [0.29, 0.717) is 17.5 Å². The predicted octanol–water partition coefficient (Wildman–Crippen LogP) is 3.07. The summed E-state index contributed by atoms with van der Waals surface area (Å²) >= 11 is 1.42. The van der Waals surface area contributed by atoms with E-state index >= 15 is 0 Å². The minimum absolute atomic E-state index is 0.0709. The lowest BCUT2D eigenvalue weighted by Gasteiger charge is -2.41. The maximum Gasteiger partial charge on any atom is 0.229 e. The Labute approximate surface area is 146 Å². The van der Waals surface area contributed by atoms with E-state index < -0.39 is 0 Å². The molecule has 1 saturated heterocycles. The van der Waals surface area contributed by atoms with Crippen molar-refractivity contribution in [3.63, 3.8) is 0 Å². The molecular weight excluding hydrogens is 322 g/mol. The zero-order valence-corrected chi connectivity index (χ0v) is 14.8. The van der Waals surface area contributed by atoms with Gasteiger partial charge in [0.25, 0.3) is 0 Å². The van der Waals surface area contributed by atoms with Gasteiger partial charge in [-0.2, -0.15) is 0 Å². The molecule has 2 aliphatic carbocycles. The van der Waals surface area contributed by atoms with E-state index in [9.17, 15) is 9.59 Å². The Morgan fingerprint density at radius 2 is 1.96 bits per heavy atom. The first kappa shape index (κ1) is 16.1. The summed E-state index contributed by atoms with van der Waals surface area (Å²) in [6.07, 6.45) is 8.80. The number of aromatic nitrogens is 1. The summed E-state index contributed by atoms with van der Waals surface area (Å²) in [5.74, 6) is 1.98. The average molecular weight is 347 g/mol. The first-order chi connectivity index (χ1) is 11.7. The van der Waals surface area contributed by atoms with E-state index in [-0.39, 0.29) is 17.7 Å². The van der Waals surface area contributed by atoms with Crippen LogP contribution in [0.4, 0.5) is 5.13 Å². The molecule has 0 aromatic carbocycles. The van der Waals surface area contributed by atoms with Gasteiger partial charge in [-0.15, -0.1) is 11.3 Å². The fraction of sp³-hybridized carbons (Fsp3) is 0.722. The van der Waals surface area contributed by atoms with Crippen molar-refractivity contribution < 1.29 is 9.59 Å². The second-order valence-electron chi connectivity index (χ2n) is 7.52. The molecule has 2 heterocycles. The summed E-state index contributed by atoms with van der Waals surface area (Å²) in [7, 11) is 0. The number of fused-ring (bicyclic) bond motifs is 1. The largest absolute Gasteiger partial charge is 0.342 e. The normalized spacial score (nSPS) is 26.8. The maximum atomic E-state index is 12.6. The highest BCUT2D eigenvalue weighted by atomic mass is 32.1. The van der Waals surface area contributed by atoms with Gasteiger partial charge in [0.1, 0.15) is 0 Å². The number of likely N-dealkylation sites (tertiary alicyclic amines) is 1. The van der Waals surface area contributed by atoms with Crippen LogP contribution >= 0.6 is 11.3 Å². The van der Waals surface area contributed by atoms with Gasteiger partial charge in [-0.3, -0.25) is 9.59 Å². The highest BCUT2D eigenvalue weighted by molar-refractivity contribution is 7.13. The molecule has 1 aliphatic heterocycles. The van der Waals surface area contributed by atoms with Gasteiger partial charge in [-0.05, 0) is 37.5 Å². The average Bonchev–Trinajstić information content (AvgIpc) is 3.37. The van der Waals surface area contributed by atoms with Gasteiger partial charge >= 0.3 is 0 Å². The van der Waals surface area contributed by atoms with Crippen LogP contribution in [0.1, 0.15) is 50.6 Å². The highest BCUT2D eigenvalue weighted by Gasteiger charge is 2.33. The Balaban J connectivity index is 1.31. The number of amides is 2. The Kier molecular flexibility index (Phi) is 4.57. The number of piperidine rings is 1. The molecule has 1 aromatic rings. The van der Waals surface area contributed by atoms with Crippen LogP contribution in [0.3, 0.4) is 0 Å². The molecule has 5 nitrogen and oxygen atoms in total. The number of hydrogen-bond donors (Lipinski definition) is 1. The summed E-state index contributed by atoms with van der Waals surface area (Å²) in [6, 6.07) is 0. The van der Waals surface area contributed by atoms with Gasteiger partial charge in [0.15, 0.2) is 5.13 Å². The second kappa shape index (κ2) is 6.82. The molecule has 2 atom stereocenters. The van der Waals surface area contributed by atoms with Gasteiger partial charge in [-0.1, -0.05) is 19.3 Å². The molecule has 2 saturated carbocycles. The minimum Gasteiger partial charge on any atom is -0.342 e. The lowest BCUT2D eigenvalue weighted by atomic mass is 9.75. The summed E-state index contributed by atoms with van der Waals surface area (Å²) in [6.45, 7) is 1.83. The molecule has 2 unspecified atom stereocenters. The van der Waals surface area contributed by atoms with Crippen molar-refractivity contribution >= 4 is 28.3 Å². The lowest BCUT2D eigenvalue weighted by Crippen LogP contribution is -2.45. The Bertz CT molecular complexity index is 626. The topological polar surface area (TPSA) is 62.3 Å². The molecule has 3 fully saturated rings. The summed E-state index contributed by atoms with van der Waals surface area (Å²) in [5.41, 5.74) is 0.780. The van der Waals surface area contributed by atoms with E-state index in [1.54, 1.807) is 0 Å². The molecule has 4 rings (SSSR count). The van der Waals surface area contributed by atoms with Crippen LogP contribution in [0.15, 0.2) is 5.38 Å². The molecule has 130 valence electrons. The van der Waals surface area contributed by atoms with E-state index in [1.165, 1.54) is 37.0 Å². The third-order valence-electron chi connectivity index (χ3n) is 5.71. The number of hydrogen-bond acceptors (Lipinski definition) is 4. The molecule has 2 amide bonds. The second-order valence-corrected chi connectivity index (χ2v) is 8.38. The van der Waals surface area contributed by atoms with Crippen LogP contribution in [0.25, 0.3) is 0 Å². The van der Waals surface area contributed by atoms with Gasteiger partial charge in [0.2, 0.25) is 11.8 Å². The number of carbonyl (C=O) groups is 2. The van der Waals surface area contributed by atoms with E-state index in [2.05, 4.69) is 10.3 Å². The number of carbonyl (C=O) groups excluding carboxylic acids is 2. The van der Waals surface area contributed by atoms with E-state index in [4.69, 9.17) is 0 Å². The van der Waals surface area contributed by atoms with Crippen molar-refractivity contribution in [1.29, 1.82) is 0 Å². The number of thiazole rings is 1. The molecule has 0 radical (unpaired) electrons. The first-order valence-corrected chi connectivity index (χ1v) is 10.1. The fourth-order valence-electron chi connectivity index (χ4n) is 4.09. The van der Waals surface area contributed by atoms with Crippen LogP contribution in [-0.2, 0) is 16.0 Å². The number of anilines is 1. The van der Waals surface area contributed by atoms with Gasteiger partial charge in [0.05, 0.1) is 12.1 Å². The molecule has 0 bridgehead atoms. The Morgan fingerprint density at radius 1 is 1.17 bits per heavy atom. The summed E-state index contributed by atoms with van der Waals surface area (Å²) in [5, 5.41) is 5.38. The zero-order chi connectivity index (χ0) is 16.5. The Hall–Kier alpha value is -1.43. The molecule has 6 heteroatoms. The number of nitrogens with zero attached hydrogens (tertiary/aromatic N) is 2. The van der Waals surface area contributed by atoms with Crippen molar-refractivity contribution in [1.82, 2.24) is 9.88 Å². The predicted molar refractivity (Wildman–Crippen MR) is 93.8 cm³/mol. The molecule has 0 spiro atoms. The van der Waals surface area contributed by atoms with Crippen LogP contribution in [0.2, 0.25) is 0 Å². The lowest BCUT2D eigenvalue weighted by molar-refractivity contribution is -0.133. The SMILES string of the molecule is O=C(Nc1nc(CC(=O)N2CCC3CCCCC3C2)cs1)C1CC1. The monoisotopic (exact) mass is 347 g/mol. The highest BCUT2D eigenvalue weighted by Crippen LogP contribution is 2.36. The standard InChI is InChI=1S/C18H25N3O2S/c22-16(21-8-7-12-3-1-2-4-14(12)10-21)9-15-11-24-18(19-15)20-17(23)13-5-6-13/h11-14H,1-10H2,(H,19,20,23). The van der Waals surface area contributed by atoms with Gasteiger partial charge < -0.3 is 10.2 Å². The fourth-order valence-corrected chi connectivity index (χ4v) is 4.81. The molecule has 24 heavy (non-hydrogen) atoms. The van der Waals surface area contributed by atoms with E-state index in [1.807, 2.05) is 10.3 Å². The smallest absolute Gasteiger partial charge is 0.229 e. The number of rotatable bonds is 4. The summed E-state index contributed by atoms with van der Waals surface area (Å²) in [4.78, 5) is 30.8. The summed E-state index contributed by atoms with van der Waals surface area (Å²) < 4.78 is 0. The molecular formula is C18H25N3O2S. The first-order valence-electron chi connectivity index (χ1n) is 9.22. The van der Waals surface area contributed by atoms with E-state index in [0.717, 1.165) is 44.0 Å². The van der Waals surface area contributed by atoms with Crippen LogP contribution in [-0.4, -0.2) is 34.8 Å². The van der Waals surface area contributed by atoms with Crippen molar-refractivity contribution in [2.45, 2.75) is 51.4 Å². The molecule has 1 aromatic heterocycles. The zero-order valence-electron chi connectivity index (χ0n) is 14.0. The third-order valence-corrected chi connectivity index (χ3v) is 6.51. The van der Waals surface area contributed by atoms with Crippen LogP contribution in [0, 0.1) is 17.8 Å². The molecule has 3 aliphatic rings. The van der Waals surface area contributed by atoms with Crippen molar-refractivity contribution in [2.75, 3.05) is 18.4 Å². The van der Waals surface area contributed by atoms with Crippen molar-refractivity contribution in [2.24, 2.45) is 17.8 Å². The van der Waals surface area contributed by atoms with Crippen LogP contribution in [0.5, 0.6) is 0 Å². The number of nitrogens with one attached hydrogen (secondary N) is 1. The van der Waals surface area contributed by atoms with Crippen LogP contribution < -0.4 is 5.32 Å².